The summed E-state index contributed by atoms with van der Waals surface area (Å²) >= 11 is 0. The molecule has 0 aliphatic heterocycles. The van der Waals surface area contributed by atoms with Crippen LogP contribution in [0.4, 0.5) is 11.5 Å². The van der Waals surface area contributed by atoms with Crippen LogP contribution in [0.15, 0.2) is 0 Å². The number of nitrogens with zero attached hydrogens (tertiary/aromatic N) is 3. The van der Waals surface area contributed by atoms with Crippen molar-refractivity contribution in [3.8, 4) is 0 Å². The van der Waals surface area contributed by atoms with Gasteiger partial charge in [0.25, 0.3) is 0 Å². The summed E-state index contributed by atoms with van der Waals surface area (Å²) in [6.45, 7) is 4.45. The highest BCUT2D eigenvalue weighted by Gasteiger charge is 2.28. The van der Waals surface area contributed by atoms with E-state index in [1.807, 2.05) is 14.0 Å². The molecule has 0 saturated heterocycles. The van der Waals surface area contributed by atoms with Gasteiger partial charge in [-0.25, -0.2) is 4.68 Å². The summed E-state index contributed by atoms with van der Waals surface area (Å²) < 4.78 is 1.75. The number of hydrogen-bond acceptors (Lipinski definition) is 5. The molecule has 7 heteroatoms. The lowest BCUT2D eigenvalue weighted by atomic mass is 9.91. The number of anilines is 1. The summed E-state index contributed by atoms with van der Waals surface area (Å²) in [7, 11) is 1.99. The van der Waals surface area contributed by atoms with Crippen LogP contribution in [0.25, 0.3) is 0 Å². The minimum absolute atomic E-state index is 0.124. The lowest BCUT2D eigenvalue weighted by Crippen LogP contribution is -2.35. The summed E-state index contributed by atoms with van der Waals surface area (Å²) in [4.78, 5) is 11.0. The van der Waals surface area contributed by atoms with Crippen molar-refractivity contribution in [2.75, 3.05) is 12.4 Å². The topological polar surface area (TPSA) is 85.0 Å². The number of nitro groups is 1. The third-order valence-corrected chi connectivity index (χ3v) is 4.19. The molecule has 0 unspecified atom stereocenters. The summed E-state index contributed by atoms with van der Waals surface area (Å²) in [6, 6.07) is 0.861. The second-order valence-electron chi connectivity index (χ2n) is 5.74. The predicted octanol–water partition coefficient (Wildman–Crippen LogP) is 2.45. The molecule has 1 aliphatic rings. The van der Waals surface area contributed by atoms with E-state index in [1.165, 1.54) is 0 Å². The smallest absolute Gasteiger partial charge is 0.333 e. The first kappa shape index (κ1) is 15.8. The van der Waals surface area contributed by atoms with E-state index in [9.17, 15) is 10.1 Å². The van der Waals surface area contributed by atoms with E-state index in [-0.39, 0.29) is 10.6 Å². The quantitative estimate of drug-likeness (QED) is 0.622. The van der Waals surface area contributed by atoms with E-state index in [2.05, 4.69) is 15.7 Å². The summed E-state index contributed by atoms with van der Waals surface area (Å²) in [5, 5.41) is 22.3. The Balaban J connectivity index is 2.16. The van der Waals surface area contributed by atoms with Gasteiger partial charge in [-0.1, -0.05) is 6.92 Å². The zero-order valence-corrected chi connectivity index (χ0v) is 13.1. The van der Waals surface area contributed by atoms with Crippen LogP contribution in [0.2, 0.25) is 0 Å². The van der Waals surface area contributed by atoms with Gasteiger partial charge in [0.1, 0.15) is 5.69 Å². The van der Waals surface area contributed by atoms with Crippen LogP contribution in [0.1, 0.15) is 44.7 Å². The van der Waals surface area contributed by atoms with Gasteiger partial charge in [-0.3, -0.25) is 10.1 Å². The Labute approximate surface area is 125 Å². The van der Waals surface area contributed by atoms with E-state index < -0.39 is 0 Å². The number of nitrogens with one attached hydrogen (secondary N) is 2. The third kappa shape index (κ3) is 3.53. The van der Waals surface area contributed by atoms with Crippen LogP contribution in [0, 0.1) is 17.0 Å². The molecule has 1 fully saturated rings. The van der Waals surface area contributed by atoms with Crippen molar-refractivity contribution >= 4 is 11.5 Å². The Hall–Kier alpha value is -1.63. The van der Waals surface area contributed by atoms with Gasteiger partial charge in [-0.15, -0.1) is 0 Å². The Kier molecular flexibility index (Phi) is 5.17. The SMILES string of the molecule is CCCn1nc(C)c([N+](=O)[O-])c1NC1CCC(NC)CC1. The molecular formula is C14H25N5O2. The first-order valence-electron chi connectivity index (χ1n) is 7.72. The molecule has 21 heavy (non-hydrogen) atoms. The van der Waals surface area contributed by atoms with Gasteiger partial charge in [0.15, 0.2) is 0 Å². The van der Waals surface area contributed by atoms with Gasteiger partial charge in [-0.05, 0) is 46.1 Å². The highest BCUT2D eigenvalue weighted by molar-refractivity contribution is 5.60. The van der Waals surface area contributed by atoms with E-state index in [0.717, 1.165) is 32.1 Å². The van der Waals surface area contributed by atoms with Crippen molar-refractivity contribution in [3.63, 3.8) is 0 Å². The highest BCUT2D eigenvalue weighted by atomic mass is 16.6. The maximum atomic E-state index is 11.3. The van der Waals surface area contributed by atoms with Crippen molar-refractivity contribution in [1.82, 2.24) is 15.1 Å². The van der Waals surface area contributed by atoms with Crippen molar-refractivity contribution in [1.29, 1.82) is 0 Å². The predicted molar refractivity (Wildman–Crippen MR) is 82.6 cm³/mol. The molecule has 2 rings (SSSR count). The molecule has 2 N–H and O–H groups in total. The van der Waals surface area contributed by atoms with Crippen molar-refractivity contribution in [2.24, 2.45) is 0 Å². The number of hydrogen-bond donors (Lipinski definition) is 2. The van der Waals surface area contributed by atoms with Gasteiger partial charge >= 0.3 is 5.69 Å². The molecular weight excluding hydrogens is 270 g/mol. The molecule has 0 atom stereocenters. The fourth-order valence-electron chi connectivity index (χ4n) is 3.03. The first-order chi connectivity index (χ1) is 10.1. The Morgan fingerprint density at radius 2 is 1.95 bits per heavy atom. The maximum Gasteiger partial charge on any atom is 0.333 e. The lowest BCUT2D eigenvalue weighted by Gasteiger charge is -2.29. The van der Waals surface area contributed by atoms with Crippen LogP contribution >= 0.6 is 0 Å². The van der Waals surface area contributed by atoms with E-state index in [0.29, 0.717) is 30.1 Å². The normalized spacial score (nSPS) is 22.2. The van der Waals surface area contributed by atoms with Crippen LogP contribution in [-0.2, 0) is 6.54 Å². The van der Waals surface area contributed by atoms with Crippen molar-refractivity contribution in [3.05, 3.63) is 15.8 Å². The minimum Gasteiger partial charge on any atom is -0.362 e. The molecule has 0 spiro atoms. The Morgan fingerprint density at radius 3 is 2.48 bits per heavy atom. The lowest BCUT2D eigenvalue weighted by molar-refractivity contribution is -0.384. The molecule has 0 radical (unpaired) electrons. The maximum absolute atomic E-state index is 11.3. The Bertz CT molecular complexity index is 492. The van der Waals surface area contributed by atoms with Crippen molar-refractivity contribution < 1.29 is 4.92 Å². The average molecular weight is 295 g/mol. The number of rotatable bonds is 6. The monoisotopic (exact) mass is 295 g/mol. The van der Waals surface area contributed by atoms with Gasteiger partial charge in [0.05, 0.1) is 4.92 Å². The highest BCUT2D eigenvalue weighted by Crippen LogP contribution is 2.31. The number of aromatic nitrogens is 2. The standard InChI is InChI=1S/C14H25N5O2/c1-4-9-18-14(13(19(20)21)10(2)17-18)16-12-7-5-11(15-3)6-8-12/h11-12,15-16H,4-9H2,1-3H3. The van der Waals surface area contributed by atoms with Gasteiger partial charge in [0.2, 0.25) is 5.82 Å². The molecule has 1 heterocycles. The zero-order chi connectivity index (χ0) is 15.4. The second-order valence-corrected chi connectivity index (χ2v) is 5.74. The minimum atomic E-state index is -0.323. The van der Waals surface area contributed by atoms with E-state index in [1.54, 1.807) is 11.6 Å². The van der Waals surface area contributed by atoms with Gasteiger partial charge < -0.3 is 10.6 Å². The fraction of sp³-hybridized carbons (Fsp3) is 0.786. The molecule has 118 valence electrons. The van der Waals surface area contributed by atoms with Crippen LogP contribution < -0.4 is 10.6 Å². The molecule has 1 aliphatic carbocycles. The molecule has 0 bridgehead atoms. The summed E-state index contributed by atoms with van der Waals surface area (Å²) in [5.74, 6) is 0.576. The molecule has 1 aromatic heterocycles. The van der Waals surface area contributed by atoms with Gasteiger partial charge in [0, 0.05) is 18.6 Å². The van der Waals surface area contributed by atoms with Crippen molar-refractivity contribution in [2.45, 2.75) is 64.6 Å². The second kappa shape index (κ2) is 6.89. The van der Waals surface area contributed by atoms with Crippen LogP contribution in [0.5, 0.6) is 0 Å². The average Bonchev–Trinajstić information content (AvgIpc) is 2.76. The fourth-order valence-corrected chi connectivity index (χ4v) is 3.03. The summed E-state index contributed by atoms with van der Waals surface area (Å²) in [6.07, 6.45) is 5.16. The zero-order valence-electron chi connectivity index (χ0n) is 13.1. The first-order valence-corrected chi connectivity index (χ1v) is 7.72. The molecule has 7 nitrogen and oxygen atoms in total. The number of aryl methyl sites for hydroxylation is 2. The van der Waals surface area contributed by atoms with Gasteiger partial charge in [-0.2, -0.15) is 5.10 Å². The van der Waals surface area contributed by atoms with E-state index >= 15 is 0 Å². The molecule has 0 aromatic carbocycles. The van der Waals surface area contributed by atoms with E-state index in [4.69, 9.17) is 0 Å². The summed E-state index contributed by atoms with van der Waals surface area (Å²) in [5.41, 5.74) is 0.610. The molecule has 0 amide bonds. The van der Waals surface area contributed by atoms with Crippen LogP contribution in [-0.4, -0.2) is 33.8 Å². The molecule has 1 aromatic rings. The largest absolute Gasteiger partial charge is 0.362 e. The Morgan fingerprint density at radius 1 is 1.33 bits per heavy atom. The molecule has 1 saturated carbocycles. The third-order valence-electron chi connectivity index (χ3n) is 4.19. The van der Waals surface area contributed by atoms with Crippen LogP contribution in [0.3, 0.4) is 0 Å².